The number of nitrogens with zero attached hydrogens (tertiary/aromatic N) is 1. The first-order chi connectivity index (χ1) is 13.0. The molecular weight excluding hydrogens is 390 g/mol. The number of carbonyl (C=O) groups excluding carboxylic acids is 3. The SMILES string of the molecule is CNC(=O)NC(=O)COC(=O)c1cc(-c2ccc(Cl)s2)nc2ccccc12. The third kappa shape index (κ3) is 4.42. The van der Waals surface area contributed by atoms with Crippen LogP contribution in [0, 0.1) is 0 Å². The van der Waals surface area contributed by atoms with Gasteiger partial charge < -0.3 is 10.1 Å². The van der Waals surface area contributed by atoms with Gasteiger partial charge in [0.15, 0.2) is 6.61 Å². The fourth-order valence-electron chi connectivity index (χ4n) is 2.36. The van der Waals surface area contributed by atoms with Crippen LogP contribution in [0.1, 0.15) is 10.4 Å². The minimum atomic E-state index is -0.730. The van der Waals surface area contributed by atoms with Gasteiger partial charge in [-0.15, -0.1) is 11.3 Å². The zero-order chi connectivity index (χ0) is 19.4. The second-order valence-corrected chi connectivity index (χ2v) is 7.09. The maximum absolute atomic E-state index is 12.6. The summed E-state index contributed by atoms with van der Waals surface area (Å²) in [5.41, 5.74) is 1.46. The minimum absolute atomic E-state index is 0.271. The molecule has 138 valence electrons. The van der Waals surface area contributed by atoms with Crippen LogP contribution in [0.5, 0.6) is 0 Å². The maximum atomic E-state index is 12.6. The van der Waals surface area contributed by atoms with Crippen LogP contribution in [0.3, 0.4) is 0 Å². The molecule has 0 unspecified atom stereocenters. The highest BCUT2D eigenvalue weighted by molar-refractivity contribution is 7.19. The molecule has 0 aliphatic heterocycles. The quantitative estimate of drug-likeness (QED) is 0.652. The number of hydrogen-bond donors (Lipinski definition) is 2. The number of hydrogen-bond acceptors (Lipinski definition) is 6. The van der Waals surface area contributed by atoms with Crippen molar-refractivity contribution in [3.8, 4) is 10.6 Å². The lowest BCUT2D eigenvalue weighted by Gasteiger charge is -2.09. The maximum Gasteiger partial charge on any atom is 0.339 e. The predicted molar refractivity (Wildman–Crippen MR) is 103 cm³/mol. The first kappa shape index (κ1) is 18.8. The second kappa shape index (κ2) is 8.15. The molecule has 9 heteroatoms. The van der Waals surface area contributed by atoms with Crippen molar-refractivity contribution >= 4 is 51.7 Å². The Kier molecular flexibility index (Phi) is 5.68. The van der Waals surface area contributed by atoms with Gasteiger partial charge in [-0.3, -0.25) is 10.1 Å². The van der Waals surface area contributed by atoms with Crippen LogP contribution in [0.15, 0.2) is 42.5 Å². The van der Waals surface area contributed by atoms with E-state index in [1.165, 1.54) is 18.4 Å². The molecule has 2 heterocycles. The average Bonchev–Trinajstić information content (AvgIpc) is 3.11. The normalized spacial score (nSPS) is 10.4. The molecule has 3 rings (SSSR count). The molecule has 3 amide bonds. The number of halogens is 1. The summed E-state index contributed by atoms with van der Waals surface area (Å²) in [6, 6.07) is 11.6. The van der Waals surface area contributed by atoms with Gasteiger partial charge in [-0.1, -0.05) is 29.8 Å². The van der Waals surface area contributed by atoms with Crippen LogP contribution >= 0.6 is 22.9 Å². The summed E-state index contributed by atoms with van der Waals surface area (Å²) in [7, 11) is 1.37. The van der Waals surface area contributed by atoms with Crippen LogP contribution in [0.25, 0.3) is 21.5 Å². The van der Waals surface area contributed by atoms with E-state index in [1.807, 2.05) is 17.4 Å². The molecule has 0 radical (unpaired) electrons. The summed E-state index contributed by atoms with van der Waals surface area (Å²) < 4.78 is 5.66. The van der Waals surface area contributed by atoms with E-state index < -0.39 is 24.5 Å². The van der Waals surface area contributed by atoms with E-state index in [9.17, 15) is 14.4 Å². The molecule has 2 N–H and O–H groups in total. The number of para-hydroxylation sites is 1. The van der Waals surface area contributed by atoms with Crippen molar-refractivity contribution in [2.24, 2.45) is 0 Å². The van der Waals surface area contributed by atoms with Gasteiger partial charge in [-0.2, -0.15) is 0 Å². The molecule has 27 heavy (non-hydrogen) atoms. The summed E-state index contributed by atoms with van der Waals surface area (Å²) in [5, 5.41) is 4.86. The molecular formula is C18H14ClN3O4S. The summed E-state index contributed by atoms with van der Waals surface area (Å²) >= 11 is 7.33. The fourth-order valence-corrected chi connectivity index (χ4v) is 3.36. The first-order valence-electron chi connectivity index (χ1n) is 7.82. The van der Waals surface area contributed by atoms with Crippen molar-refractivity contribution in [1.29, 1.82) is 0 Å². The number of amides is 3. The lowest BCUT2D eigenvalue weighted by molar-refractivity contribution is -0.123. The summed E-state index contributed by atoms with van der Waals surface area (Å²) in [5.74, 6) is -1.42. The van der Waals surface area contributed by atoms with E-state index >= 15 is 0 Å². The monoisotopic (exact) mass is 403 g/mol. The number of carbonyl (C=O) groups is 3. The number of pyridine rings is 1. The van der Waals surface area contributed by atoms with E-state index in [0.717, 1.165) is 4.88 Å². The number of benzene rings is 1. The number of ether oxygens (including phenoxy) is 1. The molecule has 0 saturated heterocycles. The Labute approximate surface area is 163 Å². The van der Waals surface area contributed by atoms with Crippen molar-refractivity contribution < 1.29 is 19.1 Å². The van der Waals surface area contributed by atoms with Gasteiger partial charge in [0.2, 0.25) is 0 Å². The lowest BCUT2D eigenvalue weighted by atomic mass is 10.1. The average molecular weight is 404 g/mol. The number of urea groups is 1. The van der Waals surface area contributed by atoms with E-state index in [-0.39, 0.29) is 5.56 Å². The Morgan fingerprint density at radius 3 is 2.67 bits per heavy atom. The number of thiophene rings is 1. The van der Waals surface area contributed by atoms with Gasteiger partial charge in [-0.25, -0.2) is 14.6 Å². The topological polar surface area (TPSA) is 97.4 Å². The number of nitrogens with one attached hydrogen (secondary N) is 2. The largest absolute Gasteiger partial charge is 0.452 e. The lowest BCUT2D eigenvalue weighted by Crippen LogP contribution is -2.39. The molecule has 7 nitrogen and oxygen atoms in total. The third-order valence-corrected chi connectivity index (χ3v) is 4.83. The van der Waals surface area contributed by atoms with E-state index in [2.05, 4.69) is 10.3 Å². The van der Waals surface area contributed by atoms with E-state index in [1.54, 1.807) is 30.3 Å². The number of aromatic nitrogens is 1. The number of imide groups is 1. The molecule has 0 saturated carbocycles. The summed E-state index contributed by atoms with van der Waals surface area (Å²) in [4.78, 5) is 40.7. The number of rotatable bonds is 4. The van der Waals surface area contributed by atoms with E-state index in [4.69, 9.17) is 16.3 Å². The van der Waals surface area contributed by atoms with Crippen molar-refractivity contribution in [2.75, 3.05) is 13.7 Å². The molecule has 0 atom stereocenters. The number of esters is 1. The van der Waals surface area contributed by atoms with Crippen molar-refractivity contribution in [1.82, 2.24) is 15.6 Å². The highest BCUT2D eigenvalue weighted by Crippen LogP contribution is 2.32. The molecule has 3 aromatic rings. The molecule has 0 fully saturated rings. The summed E-state index contributed by atoms with van der Waals surface area (Å²) in [6.45, 7) is -0.580. The zero-order valence-corrected chi connectivity index (χ0v) is 15.7. The molecule has 0 bridgehead atoms. The summed E-state index contributed by atoms with van der Waals surface area (Å²) in [6.07, 6.45) is 0. The molecule has 0 spiro atoms. The van der Waals surface area contributed by atoms with Gasteiger partial charge in [0, 0.05) is 12.4 Å². The molecule has 2 aromatic heterocycles. The smallest absolute Gasteiger partial charge is 0.339 e. The van der Waals surface area contributed by atoms with Gasteiger partial charge in [-0.05, 0) is 24.3 Å². The van der Waals surface area contributed by atoms with Gasteiger partial charge in [0.25, 0.3) is 5.91 Å². The Morgan fingerprint density at radius 1 is 1.19 bits per heavy atom. The first-order valence-corrected chi connectivity index (χ1v) is 9.01. The predicted octanol–water partition coefficient (Wildman–Crippen LogP) is 3.23. The van der Waals surface area contributed by atoms with Crippen LogP contribution in [-0.2, 0) is 9.53 Å². The van der Waals surface area contributed by atoms with Crippen LogP contribution in [-0.4, -0.2) is 36.5 Å². The number of fused-ring (bicyclic) bond motifs is 1. The van der Waals surface area contributed by atoms with Gasteiger partial charge in [0.1, 0.15) is 0 Å². The minimum Gasteiger partial charge on any atom is -0.452 e. The van der Waals surface area contributed by atoms with Gasteiger partial charge >= 0.3 is 12.0 Å². The Balaban J connectivity index is 1.89. The fraction of sp³-hybridized carbons (Fsp3) is 0.111. The van der Waals surface area contributed by atoms with Crippen molar-refractivity contribution in [3.63, 3.8) is 0 Å². The zero-order valence-electron chi connectivity index (χ0n) is 14.1. The molecule has 1 aromatic carbocycles. The highest BCUT2D eigenvalue weighted by atomic mass is 35.5. The molecule has 0 aliphatic rings. The van der Waals surface area contributed by atoms with Crippen LogP contribution < -0.4 is 10.6 Å². The van der Waals surface area contributed by atoms with Gasteiger partial charge in [0.05, 0.1) is 26.0 Å². The highest BCUT2D eigenvalue weighted by Gasteiger charge is 2.17. The van der Waals surface area contributed by atoms with Crippen molar-refractivity contribution in [2.45, 2.75) is 0 Å². The van der Waals surface area contributed by atoms with Crippen molar-refractivity contribution in [3.05, 3.63) is 52.4 Å². The van der Waals surface area contributed by atoms with Crippen LogP contribution in [0.4, 0.5) is 4.79 Å². The Morgan fingerprint density at radius 2 is 1.96 bits per heavy atom. The van der Waals surface area contributed by atoms with E-state index in [0.29, 0.717) is 20.9 Å². The third-order valence-electron chi connectivity index (χ3n) is 3.58. The van der Waals surface area contributed by atoms with Crippen LogP contribution in [0.2, 0.25) is 4.34 Å². The molecule has 0 aliphatic carbocycles. The Hall–Kier alpha value is -2.97. The Bertz CT molecular complexity index is 1030. The standard InChI is InChI=1S/C18H14ClN3O4S/c1-20-18(25)22-16(23)9-26-17(24)11-8-13(14-6-7-15(19)27-14)21-12-5-3-2-4-10(11)12/h2-8H,9H2,1H3,(H2,20,22,23,25). The second-order valence-electron chi connectivity index (χ2n) is 5.38.